The van der Waals surface area contributed by atoms with E-state index in [0.717, 1.165) is 60.7 Å². The summed E-state index contributed by atoms with van der Waals surface area (Å²) in [6.45, 7) is 9.44. The minimum atomic E-state index is -0.729. The summed E-state index contributed by atoms with van der Waals surface area (Å²) in [6.07, 6.45) is 2.02. The van der Waals surface area contributed by atoms with Crippen LogP contribution < -0.4 is 20.5 Å². The van der Waals surface area contributed by atoms with E-state index in [1.165, 1.54) is 0 Å². The molecule has 5 rings (SSSR count). The topological polar surface area (TPSA) is 85.2 Å². The molecule has 2 aromatic carbocycles. The highest BCUT2D eigenvalue weighted by atomic mass is 35.5. The molecule has 0 radical (unpaired) electrons. The van der Waals surface area contributed by atoms with Crippen LogP contribution in [0.5, 0.6) is 11.5 Å². The van der Waals surface area contributed by atoms with Crippen LogP contribution >= 0.6 is 11.6 Å². The van der Waals surface area contributed by atoms with Crippen molar-refractivity contribution in [1.29, 1.82) is 0 Å². The lowest BCUT2D eigenvalue weighted by atomic mass is 9.83. The van der Waals surface area contributed by atoms with E-state index in [1.54, 1.807) is 37.4 Å². The summed E-state index contributed by atoms with van der Waals surface area (Å²) in [7, 11) is 0. The third kappa shape index (κ3) is 6.40. The van der Waals surface area contributed by atoms with Gasteiger partial charge in [-0.05, 0) is 86.7 Å². The van der Waals surface area contributed by atoms with Crippen molar-refractivity contribution in [3.8, 4) is 11.5 Å². The molecule has 1 aromatic heterocycles. The van der Waals surface area contributed by atoms with Gasteiger partial charge in [-0.15, -0.1) is 0 Å². The van der Waals surface area contributed by atoms with Gasteiger partial charge in [-0.2, -0.15) is 5.10 Å². The average molecular weight is 563 g/mol. The third-order valence-electron chi connectivity index (χ3n) is 7.53. The van der Waals surface area contributed by atoms with E-state index < -0.39 is 6.10 Å². The van der Waals surface area contributed by atoms with E-state index in [2.05, 4.69) is 27.6 Å². The number of piperidine rings is 1. The van der Waals surface area contributed by atoms with E-state index in [0.29, 0.717) is 29.2 Å². The van der Waals surface area contributed by atoms with E-state index in [9.17, 15) is 9.59 Å². The molecule has 3 atom stereocenters. The molecule has 210 valence electrons. The highest BCUT2D eigenvalue weighted by Gasteiger charge is 2.34. The van der Waals surface area contributed by atoms with Gasteiger partial charge in [0.2, 0.25) is 0 Å². The number of fused-ring (bicyclic) bond motifs is 4. The van der Waals surface area contributed by atoms with Crippen LogP contribution in [0.3, 0.4) is 0 Å². The number of hydrogen-bond donors (Lipinski definition) is 1. The largest absolute Gasteiger partial charge is 0.494 e. The van der Waals surface area contributed by atoms with Gasteiger partial charge in [-0.25, -0.2) is 5.43 Å². The fraction of sp³-hybridized carbons (Fsp3) is 0.387. The molecule has 1 amide bonds. The SMILES string of the molecule is CCOc1ccc(/C=N\NC(=O)[C@H](C)Oc2ccc(Cl)cc2C)cc1CN1C[C@H]2C[C@@H](C1)c1cccc(=O)n1C2. The first-order chi connectivity index (χ1) is 19.3. The van der Waals surface area contributed by atoms with Gasteiger partial charge in [0.15, 0.2) is 6.10 Å². The number of rotatable bonds is 9. The first-order valence-corrected chi connectivity index (χ1v) is 14.1. The van der Waals surface area contributed by atoms with E-state index >= 15 is 0 Å². The predicted molar refractivity (Wildman–Crippen MR) is 156 cm³/mol. The predicted octanol–water partition coefficient (Wildman–Crippen LogP) is 4.75. The normalized spacial score (nSPS) is 19.2. The number of amides is 1. The molecule has 0 saturated carbocycles. The zero-order valence-corrected chi connectivity index (χ0v) is 23.9. The number of halogens is 1. The molecular weight excluding hydrogens is 528 g/mol. The lowest BCUT2D eigenvalue weighted by Gasteiger charge is -2.43. The second-order valence-corrected chi connectivity index (χ2v) is 11.0. The summed E-state index contributed by atoms with van der Waals surface area (Å²) in [6, 6.07) is 16.8. The zero-order chi connectivity index (χ0) is 28.2. The van der Waals surface area contributed by atoms with Crippen LogP contribution in [0.15, 0.2) is 64.5 Å². The number of likely N-dealkylation sites (tertiary alicyclic amines) is 1. The quantitative estimate of drug-likeness (QED) is 0.301. The number of hydrazone groups is 1. The molecule has 40 heavy (non-hydrogen) atoms. The molecule has 1 fully saturated rings. The molecule has 3 heterocycles. The fourth-order valence-corrected chi connectivity index (χ4v) is 5.94. The molecule has 0 aliphatic carbocycles. The molecule has 0 unspecified atom stereocenters. The summed E-state index contributed by atoms with van der Waals surface area (Å²) in [5.74, 6) is 1.89. The molecule has 1 saturated heterocycles. The molecule has 0 spiro atoms. The maximum atomic E-state index is 12.6. The lowest BCUT2D eigenvalue weighted by Crippen LogP contribution is -2.46. The highest BCUT2D eigenvalue weighted by molar-refractivity contribution is 6.30. The van der Waals surface area contributed by atoms with Gasteiger partial charge >= 0.3 is 0 Å². The monoisotopic (exact) mass is 562 g/mol. The molecule has 1 N–H and O–H groups in total. The van der Waals surface area contributed by atoms with Crippen molar-refractivity contribution in [1.82, 2.24) is 14.9 Å². The number of benzene rings is 2. The van der Waals surface area contributed by atoms with Crippen molar-refractivity contribution in [2.75, 3.05) is 19.7 Å². The van der Waals surface area contributed by atoms with Crippen LogP contribution in [-0.2, 0) is 17.9 Å². The lowest BCUT2D eigenvalue weighted by molar-refractivity contribution is -0.127. The maximum absolute atomic E-state index is 12.6. The van der Waals surface area contributed by atoms with E-state index in [-0.39, 0.29) is 11.5 Å². The Kier molecular flexibility index (Phi) is 8.57. The summed E-state index contributed by atoms with van der Waals surface area (Å²) < 4.78 is 13.7. The molecule has 2 aliphatic heterocycles. The molecule has 2 bridgehead atoms. The van der Waals surface area contributed by atoms with Crippen LogP contribution in [0, 0.1) is 12.8 Å². The number of pyridine rings is 1. The van der Waals surface area contributed by atoms with Crippen LogP contribution in [0.4, 0.5) is 0 Å². The number of carbonyl (C=O) groups excluding carboxylic acids is 1. The second kappa shape index (κ2) is 12.3. The fourth-order valence-electron chi connectivity index (χ4n) is 5.72. The van der Waals surface area contributed by atoms with E-state index in [4.69, 9.17) is 21.1 Å². The Bertz CT molecular complexity index is 1470. The average Bonchev–Trinajstić information content (AvgIpc) is 2.92. The summed E-state index contributed by atoms with van der Waals surface area (Å²) in [4.78, 5) is 27.4. The highest BCUT2D eigenvalue weighted by Crippen LogP contribution is 2.36. The smallest absolute Gasteiger partial charge is 0.280 e. The molecule has 9 heteroatoms. The van der Waals surface area contributed by atoms with Crippen molar-refractivity contribution in [3.63, 3.8) is 0 Å². The van der Waals surface area contributed by atoms with Gasteiger partial charge in [0.1, 0.15) is 11.5 Å². The Morgan fingerprint density at radius 1 is 1.15 bits per heavy atom. The zero-order valence-electron chi connectivity index (χ0n) is 23.1. The Morgan fingerprint density at radius 3 is 2.77 bits per heavy atom. The summed E-state index contributed by atoms with van der Waals surface area (Å²) in [5.41, 5.74) is 6.59. The minimum Gasteiger partial charge on any atom is -0.494 e. The first kappa shape index (κ1) is 27.9. The van der Waals surface area contributed by atoms with E-state index in [1.807, 2.05) is 36.6 Å². The second-order valence-electron chi connectivity index (χ2n) is 10.6. The Labute approximate surface area is 239 Å². The number of aromatic nitrogens is 1. The van der Waals surface area contributed by atoms with Crippen molar-refractivity contribution in [2.45, 2.75) is 52.3 Å². The number of nitrogens with zero attached hydrogens (tertiary/aromatic N) is 3. The molecule has 2 aliphatic rings. The standard InChI is InChI=1S/C31H35ClN4O4/c1-4-39-29-10-8-22(15-33-34-31(38)21(3)40-28-11-9-26(32)12-20(28)2)13-25(29)19-35-16-23-14-24(18-35)27-6-5-7-30(37)36(27)17-23/h5-13,15,21,23-24H,4,14,16-19H2,1-3H3,(H,34,38)/b33-15-/t21-,23+,24-/m0/s1. The van der Waals surface area contributed by atoms with Crippen molar-refractivity contribution >= 4 is 23.7 Å². The van der Waals surface area contributed by atoms with Crippen LogP contribution in [-0.4, -0.2) is 47.4 Å². The number of carbonyl (C=O) groups is 1. The summed E-state index contributed by atoms with van der Waals surface area (Å²) in [5, 5.41) is 4.79. The van der Waals surface area contributed by atoms with Gasteiger partial charge in [0.05, 0.1) is 12.8 Å². The third-order valence-corrected chi connectivity index (χ3v) is 7.77. The first-order valence-electron chi connectivity index (χ1n) is 13.7. The van der Waals surface area contributed by atoms with Crippen molar-refractivity contribution in [2.24, 2.45) is 11.0 Å². The van der Waals surface area contributed by atoms with Crippen molar-refractivity contribution < 1.29 is 14.3 Å². The van der Waals surface area contributed by atoms with Gasteiger partial charge in [-0.1, -0.05) is 17.7 Å². The number of hydrogen-bond acceptors (Lipinski definition) is 6. The molecule has 8 nitrogen and oxygen atoms in total. The molecule has 3 aromatic rings. The Morgan fingerprint density at radius 2 is 1.98 bits per heavy atom. The number of nitrogens with one attached hydrogen (secondary N) is 1. The number of aryl methyl sites for hydroxylation is 1. The van der Waals surface area contributed by atoms with Gasteiger partial charge in [0, 0.05) is 54.4 Å². The summed E-state index contributed by atoms with van der Waals surface area (Å²) >= 11 is 6.01. The minimum absolute atomic E-state index is 0.0967. The van der Waals surface area contributed by atoms with Crippen LogP contribution in [0.25, 0.3) is 0 Å². The van der Waals surface area contributed by atoms with Gasteiger partial charge in [-0.3, -0.25) is 14.5 Å². The maximum Gasteiger partial charge on any atom is 0.280 e. The Balaban J connectivity index is 1.24. The van der Waals surface area contributed by atoms with Gasteiger partial charge in [0.25, 0.3) is 11.5 Å². The van der Waals surface area contributed by atoms with Crippen LogP contribution in [0.1, 0.15) is 48.6 Å². The Hall–Kier alpha value is -3.62. The van der Waals surface area contributed by atoms with Crippen molar-refractivity contribution in [3.05, 3.63) is 92.4 Å². The number of ether oxygens (including phenoxy) is 2. The molecular formula is C31H35ClN4O4. The van der Waals surface area contributed by atoms with Gasteiger partial charge < -0.3 is 14.0 Å². The van der Waals surface area contributed by atoms with Crippen LogP contribution in [0.2, 0.25) is 5.02 Å².